The van der Waals surface area contributed by atoms with Crippen LogP contribution in [0.15, 0.2) is 45.6 Å². The Morgan fingerprint density at radius 1 is 1.33 bits per heavy atom. The fraction of sp³-hybridized carbons (Fsp3) is 0.200. The van der Waals surface area contributed by atoms with Crippen LogP contribution in [-0.2, 0) is 20.9 Å². The van der Waals surface area contributed by atoms with Crippen LogP contribution < -0.4 is 5.32 Å². The van der Waals surface area contributed by atoms with Crippen LogP contribution >= 0.6 is 23.1 Å². The van der Waals surface area contributed by atoms with E-state index in [9.17, 15) is 9.59 Å². The van der Waals surface area contributed by atoms with Crippen molar-refractivity contribution in [3.63, 3.8) is 0 Å². The number of ether oxygens (including phenoxy) is 1. The van der Waals surface area contributed by atoms with Gasteiger partial charge in [-0.3, -0.25) is 9.59 Å². The fourth-order valence-electron chi connectivity index (χ4n) is 1.85. The summed E-state index contributed by atoms with van der Waals surface area (Å²) < 4.78 is 10.0. The van der Waals surface area contributed by atoms with Gasteiger partial charge in [0.1, 0.15) is 21.9 Å². The lowest BCUT2D eigenvalue weighted by atomic mass is 10.4. The SMILES string of the molecule is O=C(COC(=O)CSc1ncnc2sccc12)NCc1ccco1. The number of thiophene rings is 1. The lowest BCUT2D eigenvalue weighted by Gasteiger charge is -2.05. The quantitative estimate of drug-likeness (QED) is 0.391. The molecule has 9 heteroatoms. The average molecular weight is 363 g/mol. The molecule has 0 aliphatic carbocycles. The minimum atomic E-state index is -0.477. The average Bonchev–Trinajstić information content (AvgIpc) is 3.27. The molecule has 0 aliphatic rings. The maximum absolute atomic E-state index is 11.7. The molecule has 0 spiro atoms. The largest absolute Gasteiger partial charge is 0.467 e. The van der Waals surface area contributed by atoms with Crippen LogP contribution in [0.25, 0.3) is 10.2 Å². The molecule has 0 saturated carbocycles. The number of nitrogens with zero attached hydrogens (tertiary/aromatic N) is 2. The minimum Gasteiger partial charge on any atom is -0.467 e. The monoisotopic (exact) mass is 363 g/mol. The summed E-state index contributed by atoms with van der Waals surface area (Å²) in [5.41, 5.74) is 0. The van der Waals surface area contributed by atoms with Crippen LogP contribution in [0.1, 0.15) is 5.76 Å². The van der Waals surface area contributed by atoms with Crippen molar-refractivity contribution in [2.75, 3.05) is 12.4 Å². The molecule has 1 N–H and O–H groups in total. The topological polar surface area (TPSA) is 94.3 Å². The Hall–Kier alpha value is -2.39. The number of amides is 1. The number of fused-ring (bicyclic) bond motifs is 1. The van der Waals surface area contributed by atoms with E-state index in [4.69, 9.17) is 9.15 Å². The van der Waals surface area contributed by atoms with E-state index in [-0.39, 0.29) is 24.8 Å². The molecule has 3 aromatic heterocycles. The van der Waals surface area contributed by atoms with Crippen LogP contribution in [0.2, 0.25) is 0 Å². The number of carbonyl (C=O) groups is 2. The number of furan rings is 1. The molecular formula is C15H13N3O4S2. The number of rotatable bonds is 7. The molecular weight excluding hydrogens is 350 g/mol. The van der Waals surface area contributed by atoms with Gasteiger partial charge in [-0.15, -0.1) is 11.3 Å². The molecule has 0 atom stereocenters. The zero-order valence-electron chi connectivity index (χ0n) is 12.4. The van der Waals surface area contributed by atoms with Gasteiger partial charge in [0.25, 0.3) is 5.91 Å². The van der Waals surface area contributed by atoms with Crippen molar-refractivity contribution in [2.45, 2.75) is 11.6 Å². The van der Waals surface area contributed by atoms with Crippen molar-refractivity contribution in [1.82, 2.24) is 15.3 Å². The molecule has 3 heterocycles. The normalized spacial score (nSPS) is 10.7. The summed E-state index contributed by atoms with van der Waals surface area (Å²) in [5, 5.41) is 6.16. The van der Waals surface area contributed by atoms with Crippen LogP contribution in [0.3, 0.4) is 0 Å². The highest BCUT2D eigenvalue weighted by molar-refractivity contribution is 8.00. The number of hydrogen-bond donors (Lipinski definition) is 1. The maximum atomic E-state index is 11.7. The van der Waals surface area contributed by atoms with Crippen molar-refractivity contribution in [2.24, 2.45) is 0 Å². The third-order valence-corrected chi connectivity index (χ3v) is 4.76. The van der Waals surface area contributed by atoms with Crippen LogP contribution in [0.4, 0.5) is 0 Å². The molecule has 0 unspecified atom stereocenters. The van der Waals surface area contributed by atoms with E-state index >= 15 is 0 Å². The van der Waals surface area contributed by atoms with E-state index in [0.29, 0.717) is 5.76 Å². The molecule has 3 aromatic rings. The summed E-state index contributed by atoms with van der Waals surface area (Å²) in [6.07, 6.45) is 2.99. The number of aromatic nitrogens is 2. The van der Waals surface area contributed by atoms with Crippen molar-refractivity contribution < 1.29 is 18.7 Å². The van der Waals surface area contributed by atoms with Gasteiger partial charge in [-0.25, -0.2) is 9.97 Å². The molecule has 0 fully saturated rings. The molecule has 0 aliphatic heterocycles. The molecule has 124 valence electrons. The van der Waals surface area contributed by atoms with Gasteiger partial charge in [0.2, 0.25) is 0 Å². The number of nitrogens with one attached hydrogen (secondary N) is 1. The molecule has 0 aromatic carbocycles. The first kappa shape index (κ1) is 16.5. The highest BCUT2D eigenvalue weighted by atomic mass is 32.2. The second-order valence-electron chi connectivity index (χ2n) is 4.62. The van der Waals surface area contributed by atoms with E-state index in [1.54, 1.807) is 12.1 Å². The van der Waals surface area contributed by atoms with Crippen LogP contribution in [0.5, 0.6) is 0 Å². The second kappa shape index (κ2) is 7.93. The molecule has 0 saturated heterocycles. The Morgan fingerprint density at radius 2 is 2.25 bits per heavy atom. The summed E-state index contributed by atoms with van der Waals surface area (Å²) in [6.45, 7) is -0.0626. The first-order valence-corrected chi connectivity index (χ1v) is 8.84. The van der Waals surface area contributed by atoms with E-state index in [1.165, 1.54) is 35.7 Å². The fourth-order valence-corrected chi connectivity index (χ4v) is 3.42. The Labute approximate surface area is 145 Å². The smallest absolute Gasteiger partial charge is 0.316 e. The predicted molar refractivity (Wildman–Crippen MR) is 89.7 cm³/mol. The first-order chi connectivity index (χ1) is 11.7. The Kier molecular flexibility index (Phi) is 5.44. The predicted octanol–water partition coefficient (Wildman–Crippen LogP) is 2.24. The third kappa shape index (κ3) is 4.33. The minimum absolute atomic E-state index is 0.0768. The van der Waals surface area contributed by atoms with Gasteiger partial charge < -0.3 is 14.5 Å². The molecule has 1 amide bonds. The Balaban J connectivity index is 1.41. The maximum Gasteiger partial charge on any atom is 0.316 e. The first-order valence-electron chi connectivity index (χ1n) is 6.98. The Morgan fingerprint density at radius 3 is 3.08 bits per heavy atom. The highest BCUT2D eigenvalue weighted by Gasteiger charge is 2.11. The van der Waals surface area contributed by atoms with Crippen LogP contribution in [-0.4, -0.2) is 34.2 Å². The molecule has 7 nitrogen and oxygen atoms in total. The molecule has 3 rings (SSSR count). The van der Waals surface area contributed by atoms with Crippen LogP contribution in [0, 0.1) is 0 Å². The number of thioether (sulfide) groups is 1. The van der Waals surface area contributed by atoms with Gasteiger partial charge in [0.15, 0.2) is 6.61 Å². The summed E-state index contributed by atoms with van der Waals surface area (Å²) in [7, 11) is 0. The summed E-state index contributed by atoms with van der Waals surface area (Å²) in [5.74, 6) is -0.149. The van der Waals surface area contributed by atoms with E-state index < -0.39 is 5.97 Å². The van der Waals surface area contributed by atoms with Gasteiger partial charge in [-0.05, 0) is 23.6 Å². The number of carbonyl (C=O) groups excluding carboxylic acids is 2. The summed E-state index contributed by atoms with van der Waals surface area (Å²) in [6, 6.07) is 5.39. The van der Waals surface area contributed by atoms with Crippen molar-refractivity contribution in [3.8, 4) is 0 Å². The highest BCUT2D eigenvalue weighted by Crippen LogP contribution is 2.27. The van der Waals surface area contributed by atoms with E-state index in [1.807, 2.05) is 11.4 Å². The number of esters is 1. The lowest BCUT2D eigenvalue weighted by molar-refractivity contribution is -0.146. The van der Waals surface area contributed by atoms with E-state index in [0.717, 1.165) is 15.2 Å². The number of hydrogen-bond acceptors (Lipinski definition) is 8. The molecule has 0 radical (unpaired) electrons. The zero-order chi connectivity index (χ0) is 16.8. The molecule has 24 heavy (non-hydrogen) atoms. The Bertz CT molecular complexity index is 832. The second-order valence-corrected chi connectivity index (χ2v) is 6.48. The van der Waals surface area contributed by atoms with Crippen molar-refractivity contribution >= 4 is 45.2 Å². The van der Waals surface area contributed by atoms with Gasteiger partial charge in [-0.2, -0.15) is 0 Å². The van der Waals surface area contributed by atoms with Gasteiger partial charge in [0.05, 0.1) is 18.6 Å². The molecule has 0 bridgehead atoms. The lowest BCUT2D eigenvalue weighted by Crippen LogP contribution is -2.28. The zero-order valence-corrected chi connectivity index (χ0v) is 14.1. The summed E-state index contributed by atoms with van der Waals surface area (Å²) in [4.78, 5) is 32.5. The van der Waals surface area contributed by atoms with Crippen molar-refractivity contribution in [1.29, 1.82) is 0 Å². The van der Waals surface area contributed by atoms with Crippen molar-refractivity contribution in [3.05, 3.63) is 41.9 Å². The standard InChI is InChI=1S/C15H13N3O4S2/c19-12(16-6-10-2-1-4-21-10)7-22-13(20)8-24-15-11-3-5-23-14(11)17-9-18-15/h1-5,9H,6-8H2,(H,16,19). The van der Waals surface area contributed by atoms with Gasteiger partial charge in [-0.1, -0.05) is 11.8 Å². The third-order valence-electron chi connectivity index (χ3n) is 2.96. The van der Waals surface area contributed by atoms with Gasteiger partial charge in [0, 0.05) is 5.39 Å². The van der Waals surface area contributed by atoms with E-state index in [2.05, 4.69) is 15.3 Å². The van der Waals surface area contributed by atoms with Gasteiger partial charge >= 0.3 is 5.97 Å². The summed E-state index contributed by atoms with van der Waals surface area (Å²) >= 11 is 2.77.